The van der Waals surface area contributed by atoms with Crippen molar-refractivity contribution >= 4 is 6.09 Å². The highest BCUT2D eigenvalue weighted by Gasteiger charge is 2.35. The molecule has 1 heterocycles. The molecule has 1 saturated heterocycles. The van der Waals surface area contributed by atoms with Crippen molar-refractivity contribution in [2.24, 2.45) is 0 Å². The van der Waals surface area contributed by atoms with Crippen LogP contribution in [0.4, 0.5) is 4.79 Å². The highest BCUT2D eigenvalue weighted by molar-refractivity contribution is 5.68. The predicted molar refractivity (Wildman–Crippen MR) is 121 cm³/mol. The second-order valence-electron chi connectivity index (χ2n) is 8.80. The van der Waals surface area contributed by atoms with Crippen LogP contribution in [-0.2, 0) is 17.8 Å². The lowest BCUT2D eigenvalue weighted by molar-refractivity contribution is 0.0454. The number of ether oxygens (including phenoxy) is 2. The summed E-state index contributed by atoms with van der Waals surface area (Å²) in [4.78, 5) is 14.3. The molecule has 168 valence electrons. The molecule has 0 aliphatic carbocycles. The SMILES string of the molecule is COc1ccc(CC(C)(C)NC[C@@H](O)[C@H]2CCCN2C(=O)OCc2ccccc2)cc1. The molecule has 0 radical (unpaired) electrons. The molecular weight excluding hydrogens is 392 g/mol. The number of hydrogen-bond acceptors (Lipinski definition) is 5. The number of β-amino-alcohol motifs (C(OH)–C–C–N with tert-alkyl or cyclic N) is 1. The van der Waals surface area contributed by atoms with Crippen molar-refractivity contribution in [1.29, 1.82) is 0 Å². The van der Waals surface area contributed by atoms with E-state index < -0.39 is 6.10 Å². The van der Waals surface area contributed by atoms with E-state index in [-0.39, 0.29) is 24.3 Å². The Morgan fingerprint density at radius 2 is 1.87 bits per heavy atom. The van der Waals surface area contributed by atoms with Crippen LogP contribution in [0.25, 0.3) is 0 Å². The van der Waals surface area contributed by atoms with Crippen molar-refractivity contribution in [3.05, 3.63) is 65.7 Å². The first-order chi connectivity index (χ1) is 14.9. The molecular formula is C25H34N2O4. The van der Waals surface area contributed by atoms with Gasteiger partial charge in [-0.25, -0.2) is 4.79 Å². The molecule has 6 nitrogen and oxygen atoms in total. The van der Waals surface area contributed by atoms with Crippen molar-refractivity contribution in [3.8, 4) is 5.75 Å². The summed E-state index contributed by atoms with van der Waals surface area (Å²) in [7, 11) is 1.66. The van der Waals surface area contributed by atoms with Gasteiger partial charge in [0.05, 0.1) is 19.3 Å². The normalized spacial score (nSPS) is 17.4. The average Bonchev–Trinajstić information content (AvgIpc) is 3.27. The van der Waals surface area contributed by atoms with E-state index in [1.54, 1.807) is 12.0 Å². The van der Waals surface area contributed by atoms with Crippen LogP contribution in [0, 0.1) is 0 Å². The van der Waals surface area contributed by atoms with Gasteiger partial charge < -0.3 is 24.8 Å². The maximum absolute atomic E-state index is 12.6. The molecule has 2 aromatic carbocycles. The lowest BCUT2D eigenvalue weighted by Crippen LogP contribution is -2.51. The number of rotatable bonds is 9. The fraction of sp³-hybridized carbons (Fsp3) is 0.480. The molecule has 2 atom stereocenters. The van der Waals surface area contributed by atoms with E-state index in [1.165, 1.54) is 5.56 Å². The van der Waals surface area contributed by atoms with E-state index in [0.29, 0.717) is 13.1 Å². The quantitative estimate of drug-likeness (QED) is 0.639. The molecule has 3 rings (SSSR count). The summed E-state index contributed by atoms with van der Waals surface area (Å²) in [5, 5.41) is 14.3. The van der Waals surface area contributed by atoms with Gasteiger partial charge in [-0.2, -0.15) is 0 Å². The van der Waals surface area contributed by atoms with Crippen molar-refractivity contribution in [2.45, 2.75) is 57.4 Å². The maximum atomic E-state index is 12.6. The summed E-state index contributed by atoms with van der Waals surface area (Å²) >= 11 is 0. The van der Waals surface area contributed by atoms with Gasteiger partial charge in [-0.15, -0.1) is 0 Å². The molecule has 1 aliphatic heterocycles. The lowest BCUT2D eigenvalue weighted by Gasteiger charge is -2.32. The number of aliphatic hydroxyl groups excluding tert-OH is 1. The molecule has 0 unspecified atom stereocenters. The predicted octanol–water partition coefficient (Wildman–Crippen LogP) is 3.77. The van der Waals surface area contributed by atoms with Crippen LogP contribution < -0.4 is 10.1 Å². The molecule has 0 aromatic heterocycles. The number of amides is 1. The van der Waals surface area contributed by atoms with E-state index in [0.717, 1.165) is 30.6 Å². The zero-order chi connectivity index (χ0) is 22.3. The van der Waals surface area contributed by atoms with Crippen molar-refractivity contribution in [2.75, 3.05) is 20.2 Å². The molecule has 1 amide bonds. The van der Waals surface area contributed by atoms with Gasteiger partial charge in [0.1, 0.15) is 12.4 Å². The Morgan fingerprint density at radius 3 is 2.55 bits per heavy atom. The minimum Gasteiger partial charge on any atom is -0.497 e. The Morgan fingerprint density at radius 1 is 1.16 bits per heavy atom. The van der Waals surface area contributed by atoms with Crippen LogP contribution in [0.1, 0.15) is 37.8 Å². The highest BCUT2D eigenvalue weighted by Crippen LogP contribution is 2.23. The third-order valence-electron chi connectivity index (χ3n) is 5.78. The first-order valence-corrected chi connectivity index (χ1v) is 10.9. The lowest BCUT2D eigenvalue weighted by atomic mass is 9.94. The monoisotopic (exact) mass is 426 g/mol. The zero-order valence-corrected chi connectivity index (χ0v) is 18.7. The van der Waals surface area contributed by atoms with Crippen LogP contribution in [0.3, 0.4) is 0 Å². The molecule has 6 heteroatoms. The zero-order valence-electron chi connectivity index (χ0n) is 18.7. The van der Waals surface area contributed by atoms with Crippen molar-refractivity contribution in [3.63, 3.8) is 0 Å². The van der Waals surface area contributed by atoms with Crippen LogP contribution in [-0.4, -0.2) is 54.0 Å². The Balaban J connectivity index is 1.49. The number of nitrogens with one attached hydrogen (secondary N) is 1. The number of carbonyl (C=O) groups is 1. The van der Waals surface area contributed by atoms with Crippen LogP contribution in [0.2, 0.25) is 0 Å². The Bertz CT molecular complexity index is 823. The molecule has 0 spiro atoms. The molecule has 31 heavy (non-hydrogen) atoms. The van der Waals surface area contributed by atoms with Gasteiger partial charge in [0.2, 0.25) is 0 Å². The summed E-state index contributed by atoms with van der Waals surface area (Å²) in [6.07, 6.45) is 1.46. The molecule has 0 bridgehead atoms. The molecule has 1 fully saturated rings. The number of methoxy groups -OCH3 is 1. The van der Waals surface area contributed by atoms with Crippen molar-refractivity contribution < 1.29 is 19.4 Å². The van der Waals surface area contributed by atoms with Crippen LogP contribution in [0.5, 0.6) is 5.75 Å². The largest absolute Gasteiger partial charge is 0.497 e. The Kier molecular flexibility index (Phi) is 7.93. The smallest absolute Gasteiger partial charge is 0.410 e. The minimum atomic E-state index is -0.651. The number of nitrogens with zero attached hydrogens (tertiary/aromatic N) is 1. The average molecular weight is 427 g/mol. The second-order valence-corrected chi connectivity index (χ2v) is 8.80. The van der Waals surface area contributed by atoms with Crippen molar-refractivity contribution in [1.82, 2.24) is 10.2 Å². The van der Waals surface area contributed by atoms with E-state index in [1.807, 2.05) is 42.5 Å². The van der Waals surface area contributed by atoms with E-state index >= 15 is 0 Å². The molecule has 2 aromatic rings. The number of aliphatic hydroxyl groups is 1. The van der Waals surface area contributed by atoms with Gasteiger partial charge in [0.25, 0.3) is 0 Å². The number of likely N-dealkylation sites (tertiary alicyclic amines) is 1. The number of benzene rings is 2. The fourth-order valence-electron chi connectivity index (χ4n) is 4.05. The van der Waals surface area contributed by atoms with Gasteiger partial charge in [-0.3, -0.25) is 0 Å². The molecule has 0 saturated carbocycles. The summed E-state index contributed by atoms with van der Waals surface area (Å²) in [5.74, 6) is 0.838. The summed E-state index contributed by atoms with van der Waals surface area (Å²) in [6.45, 7) is 5.50. The van der Waals surface area contributed by atoms with E-state index in [2.05, 4.69) is 31.3 Å². The minimum absolute atomic E-state index is 0.202. The third kappa shape index (κ3) is 6.71. The van der Waals surface area contributed by atoms with Gasteiger partial charge in [0.15, 0.2) is 0 Å². The first-order valence-electron chi connectivity index (χ1n) is 10.9. The summed E-state index contributed by atoms with van der Waals surface area (Å²) < 4.78 is 10.7. The Labute approximate surface area is 185 Å². The molecule has 1 aliphatic rings. The van der Waals surface area contributed by atoms with Gasteiger partial charge in [-0.05, 0) is 56.4 Å². The van der Waals surface area contributed by atoms with Gasteiger partial charge in [-0.1, -0.05) is 42.5 Å². The maximum Gasteiger partial charge on any atom is 0.410 e. The van der Waals surface area contributed by atoms with Crippen LogP contribution >= 0.6 is 0 Å². The summed E-state index contributed by atoms with van der Waals surface area (Å²) in [6, 6.07) is 17.4. The second kappa shape index (κ2) is 10.6. The van der Waals surface area contributed by atoms with Gasteiger partial charge >= 0.3 is 6.09 Å². The standard InChI is InChI=1S/C25H34N2O4/c1-25(2,16-19-11-13-21(30-3)14-12-19)26-17-23(28)22-10-7-15-27(22)24(29)31-18-20-8-5-4-6-9-20/h4-6,8-9,11-14,22-23,26,28H,7,10,15-18H2,1-3H3/t22-,23-/m1/s1. The van der Waals surface area contributed by atoms with E-state index in [4.69, 9.17) is 9.47 Å². The number of hydrogen-bond donors (Lipinski definition) is 2. The fourth-order valence-corrected chi connectivity index (χ4v) is 4.05. The molecule has 2 N–H and O–H groups in total. The third-order valence-corrected chi connectivity index (χ3v) is 5.78. The van der Waals surface area contributed by atoms with Gasteiger partial charge in [0, 0.05) is 18.6 Å². The highest BCUT2D eigenvalue weighted by atomic mass is 16.6. The number of carbonyl (C=O) groups excluding carboxylic acids is 1. The van der Waals surface area contributed by atoms with E-state index in [9.17, 15) is 9.90 Å². The Hall–Kier alpha value is -2.57. The first kappa shape index (κ1) is 23.1. The topological polar surface area (TPSA) is 71.0 Å². The summed E-state index contributed by atoms with van der Waals surface area (Å²) in [5.41, 5.74) is 1.95. The van der Waals surface area contributed by atoms with Crippen LogP contribution in [0.15, 0.2) is 54.6 Å².